The third-order valence-electron chi connectivity index (χ3n) is 7.28. The first kappa shape index (κ1) is 16.6. The van der Waals surface area contributed by atoms with Crippen LogP contribution in [0.15, 0.2) is 11.6 Å². The predicted octanol–water partition coefficient (Wildman–Crippen LogP) is 4.03. The molecule has 3 heteroatoms. The van der Waals surface area contributed by atoms with Crippen molar-refractivity contribution >= 4 is 5.97 Å². The first-order valence-electron chi connectivity index (χ1n) is 10.1. The summed E-state index contributed by atoms with van der Waals surface area (Å²) in [6, 6.07) is 0. The maximum absolute atomic E-state index is 12.6. The van der Waals surface area contributed by atoms with Crippen LogP contribution in [0, 0.1) is 29.1 Å². The summed E-state index contributed by atoms with van der Waals surface area (Å²) in [6.07, 6.45) is 10.2. The van der Waals surface area contributed by atoms with E-state index in [-0.39, 0.29) is 23.4 Å². The lowest BCUT2D eigenvalue weighted by molar-refractivity contribution is -0.145. The van der Waals surface area contributed by atoms with Crippen molar-refractivity contribution in [2.24, 2.45) is 29.1 Å². The Balaban J connectivity index is 1.55. The quantitative estimate of drug-likeness (QED) is 0.565. The van der Waals surface area contributed by atoms with Crippen molar-refractivity contribution in [1.29, 1.82) is 0 Å². The van der Waals surface area contributed by atoms with E-state index in [1.165, 1.54) is 32.1 Å². The summed E-state index contributed by atoms with van der Waals surface area (Å²) in [6.45, 7) is 10.3. The highest BCUT2D eigenvalue weighted by atomic mass is 16.6. The average molecular weight is 332 g/mol. The molecule has 2 aliphatic carbocycles. The van der Waals surface area contributed by atoms with Crippen molar-refractivity contribution in [3.63, 3.8) is 0 Å². The van der Waals surface area contributed by atoms with Gasteiger partial charge in [-0.05, 0) is 55.9 Å². The minimum Gasteiger partial charge on any atom is -0.461 e. The number of hydrogen-bond acceptors (Lipinski definition) is 3. The van der Waals surface area contributed by atoms with Gasteiger partial charge >= 0.3 is 5.97 Å². The molecule has 0 N–H and O–H groups in total. The topological polar surface area (TPSA) is 29.5 Å². The van der Waals surface area contributed by atoms with Crippen molar-refractivity contribution < 1.29 is 9.53 Å². The zero-order chi connectivity index (χ0) is 16.9. The van der Waals surface area contributed by atoms with Crippen LogP contribution in [0.1, 0.15) is 59.3 Å². The Bertz CT molecular complexity index is 542. The van der Waals surface area contributed by atoms with Gasteiger partial charge in [-0.1, -0.05) is 38.8 Å². The third-order valence-corrected chi connectivity index (χ3v) is 7.28. The second-order valence-corrected chi connectivity index (χ2v) is 9.35. The first-order valence-corrected chi connectivity index (χ1v) is 10.1. The highest BCUT2D eigenvalue weighted by Gasteiger charge is 2.51. The molecule has 1 saturated carbocycles. The number of piperidine rings is 1. The molecule has 4 rings (SSSR count). The maximum atomic E-state index is 12.6. The molecule has 134 valence electrons. The molecule has 3 fully saturated rings. The molecule has 0 aromatic rings. The summed E-state index contributed by atoms with van der Waals surface area (Å²) >= 11 is 0. The van der Waals surface area contributed by atoms with Crippen LogP contribution in [0.4, 0.5) is 0 Å². The molecule has 24 heavy (non-hydrogen) atoms. The SMILES string of the molecule is CC1CCCN(CC2C(=O)O[C@@H]3C[C@]4(C)CCC[C@@H](C)C4=C[C@H]23)C1. The van der Waals surface area contributed by atoms with E-state index >= 15 is 0 Å². The van der Waals surface area contributed by atoms with E-state index in [0.29, 0.717) is 11.8 Å². The standard InChI is InChI=1S/C21H33NO2/c1-14-6-5-9-22(12-14)13-17-16-10-18-15(2)7-4-8-21(18,3)11-19(16)24-20(17)23/h10,14-17,19H,4-9,11-13H2,1-3H3/t14?,15-,16-,17?,19-,21+/m1/s1. The molecule has 0 spiro atoms. The van der Waals surface area contributed by atoms with Crippen LogP contribution in [0.2, 0.25) is 0 Å². The smallest absolute Gasteiger partial charge is 0.311 e. The number of hydrogen-bond donors (Lipinski definition) is 0. The maximum Gasteiger partial charge on any atom is 0.311 e. The fraction of sp³-hybridized carbons (Fsp3) is 0.857. The van der Waals surface area contributed by atoms with Gasteiger partial charge in [-0.2, -0.15) is 0 Å². The Kier molecular flexibility index (Phi) is 4.27. The van der Waals surface area contributed by atoms with Crippen molar-refractivity contribution in [2.45, 2.75) is 65.4 Å². The molecule has 2 aliphatic heterocycles. The van der Waals surface area contributed by atoms with E-state index in [0.717, 1.165) is 32.0 Å². The number of carbonyl (C=O) groups is 1. The fourth-order valence-electron chi connectivity index (χ4n) is 5.99. The number of carbonyl (C=O) groups excluding carboxylic acids is 1. The molecule has 2 heterocycles. The van der Waals surface area contributed by atoms with E-state index in [4.69, 9.17) is 4.74 Å². The summed E-state index contributed by atoms with van der Waals surface area (Å²) < 4.78 is 5.89. The third kappa shape index (κ3) is 2.83. The largest absolute Gasteiger partial charge is 0.461 e. The summed E-state index contributed by atoms with van der Waals surface area (Å²) in [7, 11) is 0. The van der Waals surface area contributed by atoms with Crippen LogP contribution in [0.25, 0.3) is 0 Å². The number of likely N-dealkylation sites (tertiary alicyclic amines) is 1. The summed E-state index contributed by atoms with van der Waals surface area (Å²) in [5.41, 5.74) is 1.90. The van der Waals surface area contributed by atoms with Gasteiger partial charge in [0.25, 0.3) is 0 Å². The molecule has 0 bridgehead atoms. The molecule has 2 unspecified atom stereocenters. The Labute approximate surface area is 146 Å². The monoisotopic (exact) mass is 331 g/mol. The normalized spacial score (nSPS) is 46.0. The van der Waals surface area contributed by atoms with E-state index < -0.39 is 0 Å². The van der Waals surface area contributed by atoms with Gasteiger partial charge < -0.3 is 9.64 Å². The van der Waals surface area contributed by atoms with E-state index in [1.54, 1.807) is 5.57 Å². The van der Waals surface area contributed by atoms with Gasteiger partial charge in [-0.15, -0.1) is 0 Å². The Hall–Kier alpha value is -0.830. The van der Waals surface area contributed by atoms with Crippen LogP contribution < -0.4 is 0 Å². The average Bonchev–Trinajstić information content (AvgIpc) is 2.80. The fourth-order valence-corrected chi connectivity index (χ4v) is 5.99. The van der Waals surface area contributed by atoms with Gasteiger partial charge in [0.15, 0.2) is 0 Å². The lowest BCUT2D eigenvalue weighted by atomic mass is 9.59. The predicted molar refractivity (Wildman–Crippen MR) is 95.5 cm³/mol. The summed E-state index contributed by atoms with van der Waals surface area (Å²) in [4.78, 5) is 15.1. The minimum absolute atomic E-state index is 0.0616. The van der Waals surface area contributed by atoms with Crippen LogP contribution in [-0.4, -0.2) is 36.6 Å². The van der Waals surface area contributed by atoms with Crippen molar-refractivity contribution in [1.82, 2.24) is 4.90 Å². The van der Waals surface area contributed by atoms with Gasteiger partial charge in [0.1, 0.15) is 6.10 Å². The van der Waals surface area contributed by atoms with Crippen LogP contribution >= 0.6 is 0 Å². The lowest BCUT2D eigenvalue weighted by Crippen LogP contribution is -2.42. The number of esters is 1. The van der Waals surface area contributed by atoms with Crippen molar-refractivity contribution in [3.8, 4) is 0 Å². The van der Waals surface area contributed by atoms with Crippen molar-refractivity contribution in [2.75, 3.05) is 19.6 Å². The molecule has 0 aromatic heterocycles. The highest BCUT2D eigenvalue weighted by molar-refractivity contribution is 5.76. The van der Waals surface area contributed by atoms with Crippen LogP contribution in [0.5, 0.6) is 0 Å². The van der Waals surface area contributed by atoms with Crippen LogP contribution in [-0.2, 0) is 9.53 Å². The van der Waals surface area contributed by atoms with Gasteiger partial charge in [0, 0.05) is 19.0 Å². The van der Waals surface area contributed by atoms with Gasteiger partial charge in [-0.3, -0.25) is 4.79 Å². The molecular weight excluding hydrogens is 298 g/mol. The number of nitrogens with zero attached hydrogens (tertiary/aromatic N) is 1. The van der Waals surface area contributed by atoms with Gasteiger partial charge in [0.2, 0.25) is 0 Å². The van der Waals surface area contributed by atoms with Gasteiger partial charge in [0.05, 0.1) is 5.92 Å². The van der Waals surface area contributed by atoms with E-state index in [9.17, 15) is 4.79 Å². The molecule has 4 aliphatic rings. The van der Waals surface area contributed by atoms with Crippen molar-refractivity contribution in [3.05, 3.63) is 11.6 Å². The molecule has 2 saturated heterocycles. The van der Waals surface area contributed by atoms with Gasteiger partial charge in [-0.25, -0.2) is 0 Å². The first-order chi connectivity index (χ1) is 11.5. The van der Waals surface area contributed by atoms with E-state index in [1.807, 2.05) is 0 Å². The van der Waals surface area contributed by atoms with Crippen LogP contribution in [0.3, 0.4) is 0 Å². The molecular formula is C21H33NO2. The Morgan fingerprint density at radius 2 is 2.12 bits per heavy atom. The highest BCUT2D eigenvalue weighted by Crippen LogP contribution is 2.54. The second kappa shape index (κ2) is 6.16. The summed E-state index contributed by atoms with van der Waals surface area (Å²) in [5.74, 6) is 1.88. The zero-order valence-corrected chi connectivity index (χ0v) is 15.6. The van der Waals surface area contributed by atoms with E-state index in [2.05, 4.69) is 31.7 Å². The number of rotatable bonds is 2. The lowest BCUT2D eigenvalue weighted by Gasteiger charge is -2.46. The molecule has 6 atom stereocenters. The Morgan fingerprint density at radius 1 is 1.29 bits per heavy atom. The number of fused-ring (bicyclic) bond motifs is 2. The molecule has 0 aromatic carbocycles. The zero-order valence-electron chi connectivity index (χ0n) is 15.6. The minimum atomic E-state index is 0.0616. The number of allylic oxidation sites excluding steroid dienone is 1. The molecule has 0 radical (unpaired) electrons. The molecule has 3 nitrogen and oxygen atoms in total. The number of ether oxygens (including phenoxy) is 1. The Morgan fingerprint density at radius 3 is 2.92 bits per heavy atom. The summed E-state index contributed by atoms with van der Waals surface area (Å²) in [5, 5.41) is 0. The molecule has 0 amide bonds. The second-order valence-electron chi connectivity index (χ2n) is 9.35.